The third kappa shape index (κ3) is 4.98. The van der Waals surface area contributed by atoms with E-state index in [0.29, 0.717) is 24.4 Å². The Morgan fingerprint density at radius 2 is 2.11 bits per heavy atom. The number of nitrogens with two attached hydrogens (primary N) is 1. The number of thioether (sulfide) groups is 1. The van der Waals surface area contributed by atoms with E-state index in [1.807, 2.05) is 0 Å². The van der Waals surface area contributed by atoms with Crippen LogP contribution in [0.15, 0.2) is 0 Å². The smallest absolute Gasteiger partial charge is 0.233 e. The summed E-state index contributed by atoms with van der Waals surface area (Å²) in [5, 5.41) is 3.29. The first-order valence-corrected chi connectivity index (χ1v) is 7.77. The second-order valence-electron chi connectivity index (χ2n) is 5.16. The highest BCUT2D eigenvalue weighted by atomic mass is 35.5. The highest BCUT2D eigenvalue weighted by Crippen LogP contribution is 2.26. The maximum atomic E-state index is 12.2. The van der Waals surface area contributed by atoms with Crippen LogP contribution in [0.5, 0.6) is 0 Å². The molecule has 1 rings (SSSR count). The molecule has 0 aromatic heterocycles. The van der Waals surface area contributed by atoms with Crippen LogP contribution in [0.3, 0.4) is 0 Å². The van der Waals surface area contributed by atoms with Gasteiger partial charge in [0.1, 0.15) is 0 Å². The molecule has 3 unspecified atom stereocenters. The standard InChI is InChI=1S/C13H26N2OS.ClH/c1-4-17-12(9(2)3)13(16)15-11-7-5-6-10(11)8-14;/h9-12H,4-8,14H2,1-3H3,(H,15,16);1H. The second-order valence-corrected chi connectivity index (χ2v) is 6.58. The molecule has 3 N–H and O–H groups in total. The van der Waals surface area contributed by atoms with E-state index in [4.69, 9.17) is 5.73 Å². The Morgan fingerprint density at radius 1 is 1.44 bits per heavy atom. The predicted octanol–water partition coefficient (Wildman–Crippen LogP) is 2.43. The van der Waals surface area contributed by atoms with Crippen molar-refractivity contribution in [2.24, 2.45) is 17.6 Å². The Kier molecular flexibility index (Phi) is 9.09. The summed E-state index contributed by atoms with van der Waals surface area (Å²) in [7, 11) is 0. The molecular formula is C13H27ClN2OS. The largest absolute Gasteiger partial charge is 0.352 e. The van der Waals surface area contributed by atoms with Crippen molar-refractivity contribution in [3.63, 3.8) is 0 Å². The highest BCUT2D eigenvalue weighted by molar-refractivity contribution is 8.00. The zero-order valence-electron chi connectivity index (χ0n) is 11.6. The molecule has 3 nitrogen and oxygen atoms in total. The zero-order chi connectivity index (χ0) is 12.8. The third-order valence-electron chi connectivity index (χ3n) is 3.50. The van der Waals surface area contributed by atoms with Gasteiger partial charge in [-0.2, -0.15) is 0 Å². The topological polar surface area (TPSA) is 55.1 Å². The van der Waals surface area contributed by atoms with E-state index in [0.717, 1.165) is 18.6 Å². The summed E-state index contributed by atoms with van der Waals surface area (Å²) in [5.41, 5.74) is 5.74. The van der Waals surface area contributed by atoms with Crippen LogP contribution in [0, 0.1) is 11.8 Å². The first-order valence-electron chi connectivity index (χ1n) is 6.72. The van der Waals surface area contributed by atoms with Gasteiger partial charge in [0.05, 0.1) is 5.25 Å². The number of hydrogen-bond donors (Lipinski definition) is 2. The van der Waals surface area contributed by atoms with E-state index in [1.54, 1.807) is 11.8 Å². The SMILES string of the molecule is CCSC(C(=O)NC1CCCC1CN)C(C)C.Cl. The van der Waals surface area contributed by atoms with E-state index in [-0.39, 0.29) is 23.6 Å². The molecule has 18 heavy (non-hydrogen) atoms. The first-order chi connectivity index (χ1) is 8.10. The Balaban J connectivity index is 0.00000289. The molecule has 0 saturated heterocycles. The fraction of sp³-hybridized carbons (Fsp3) is 0.923. The lowest BCUT2D eigenvalue weighted by molar-refractivity contribution is -0.122. The maximum Gasteiger partial charge on any atom is 0.233 e. The van der Waals surface area contributed by atoms with Crippen molar-refractivity contribution in [1.29, 1.82) is 0 Å². The van der Waals surface area contributed by atoms with Gasteiger partial charge in [-0.15, -0.1) is 24.2 Å². The number of carbonyl (C=O) groups is 1. The highest BCUT2D eigenvalue weighted by Gasteiger charge is 2.30. The zero-order valence-corrected chi connectivity index (χ0v) is 13.3. The normalized spacial score (nSPS) is 24.7. The maximum absolute atomic E-state index is 12.2. The van der Waals surface area contributed by atoms with Crippen molar-refractivity contribution < 1.29 is 4.79 Å². The van der Waals surface area contributed by atoms with E-state index in [2.05, 4.69) is 26.1 Å². The van der Waals surface area contributed by atoms with Crippen LogP contribution in [0.4, 0.5) is 0 Å². The van der Waals surface area contributed by atoms with Gasteiger partial charge in [-0.3, -0.25) is 4.79 Å². The lowest BCUT2D eigenvalue weighted by atomic mass is 10.0. The van der Waals surface area contributed by atoms with Crippen LogP contribution in [-0.2, 0) is 4.79 Å². The quantitative estimate of drug-likeness (QED) is 0.791. The number of amides is 1. The lowest BCUT2D eigenvalue weighted by Gasteiger charge is -2.24. The average Bonchev–Trinajstić information content (AvgIpc) is 2.72. The fourth-order valence-electron chi connectivity index (χ4n) is 2.52. The summed E-state index contributed by atoms with van der Waals surface area (Å²) in [6.07, 6.45) is 3.45. The minimum absolute atomic E-state index is 0. The average molecular weight is 295 g/mol. The number of nitrogens with one attached hydrogen (secondary N) is 1. The molecule has 0 aromatic rings. The van der Waals surface area contributed by atoms with Gasteiger partial charge in [0.2, 0.25) is 5.91 Å². The monoisotopic (exact) mass is 294 g/mol. The van der Waals surface area contributed by atoms with Crippen LogP contribution in [-0.4, -0.2) is 29.5 Å². The summed E-state index contributed by atoms with van der Waals surface area (Å²) in [6, 6.07) is 0.311. The molecule has 0 spiro atoms. The van der Waals surface area contributed by atoms with Gasteiger partial charge in [0.25, 0.3) is 0 Å². The van der Waals surface area contributed by atoms with Gasteiger partial charge in [0, 0.05) is 6.04 Å². The van der Waals surface area contributed by atoms with Crippen molar-refractivity contribution >= 4 is 30.1 Å². The molecule has 1 fully saturated rings. The first kappa shape index (κ1) is 18.1. The number of carbonyl (C=O) groups excluding carboxylic acids is 1. The van der Waals surface area contributed by atoms with Crippen LogP contribution >= 0.6 is 24.2 Å². The minimum Gasteiger partial charge on any atom is -0.352 e. The van der Waals surface area contributed by atoms with Gasteiger partial charge in [-0.25, -0.2) is 0 Å². The molecule has 0 radical (unpaired) electrons. The van der Waals surface area contributed by atoms with Crippen molar-refractivity contribution in [2.45, 2.75) is 51.3 Å². The molecule has 0 bridgehead atoms. The number of halogens is 1. The summed E-state index contributed by atoms with van der Waals surface area (Å²) < 4.78 is 0. The van der Waals surface area contributed by atoms with E-state index >= 15 is 0 Å². The molecule has 1 amide bonds. The van der Waals surface area contributed by atoms with Gasteiger partial charge in [-0.1, -0.05) is 27.2 Å². The summed E-state index contributed by atoms with van der Waals surface area (Å²) in [6.45, 7) is 7.02. The van der Waals surface area contributed by atoms with Crippen molar-refractivity contribution in [2.75, 3.05) is 12.3 Å². The molecule has 0 aromatic carbocycles. The lowest BCUT2D eigenvalue weighted by Crippen LogP contribution is -2.45. The van der Waals surface area contributed by atoms with Crippen molar-refractivity contribution in [3.8, 4) is 0 Å². The van der Waals surface area contributed by atoms with E-state index in [9.17, 15) is 4.79 Å². The second kappa shape index (κ2) is 9.05. The Hall–Kier alpha value is 0.0700. The summed E-state index contributed by atoms with van der Waals surface area (Å²) in [5.74, 6) is 2.06. The molecular weight excluding hydrogens is 268 g/mol. The molecule has 1 saturated carbocycles. The molecule has 0 aliphatic heterocycles. The van der Waals surface area contributed by atoms with Gasteiger partial charge in [0.15, 0.2) is 0 Å². The molecule has 108 valence electrons. The Bertz CT molecular complexity index is 251. The summed E-state index contributed by atoms with van der Waals surface area (Å²) >= 11 is 1.74. The molecule has 3 atom stereocenters. The van der Waals surface area contributed by atoms with Gasteiger partial charge >= 0.3 is 0 Å². The molecule has 0 heterocycles. The Labute approximate surface area is 121 Å². The minimum atomic E-state index is 0. The Morgan fingerprint density at radius 3 is 2.61 bits per heavy atom. The number of rotatable bonds is 6. The van der Waals surface area contributed by atoms with E-state index < -0.39 is 0 Å². The van der Waals surface area contributed by atoms with Crippen LogP contribution in [0.25, 0.3) is 0 Å². The third-order valence-corrected chi connectivity index (χ3v) is 4.95. The molecule has 1 aliphatic rings. The van der Waals surface area contributed by atoms with Crippen LogP contribution in [0.1, 0.15) is 40.0 Å². The molecule has 1 aliphatic carbocycles. The van der Waals surface area contributed by atoms with Crippen LogP contribution in [0.2, 0.25) is 0 Å². The number of hydrogen-bond acceptors (Lipinski definition) is 3. The van der Waals surface area contributed by atoms with Crippen molar-refractivity contribution in [1.82, 2.24) is 5.32 Å². The van der Waals surface area contributed by atoms with Gasteiger partial charge in [-0.05, 0) is 37.0 Å². The fourth-order valence-corrected chi connectivity index (χ4v) is 3.49. The summed E-state index contributed by atoms with van der Waals surface area (Å²) in [4.78, 5) is 12.2. The predicted molar refractivity (Wildman–Crippen MR) is 82.3 cm³/mol. The van der Waals surface area contributed by atoms with E-state index in [1.165, 1.54) is 6.42 Å². The molecule has 5 heteroatoms. The van der Waals surface area contributed by atoms with Crippen molar-refractivity contribution in [3.05, 3.63) is 0 Å². The van der Waals surface area contributed by atoms with Gasteiger partial charge < -0.3 is 11.1 Å². The van der Waals surface area contributed by atoms with Crippen LogP contribution < -0.4 is 11.1 Å².